The van der Waals surface area contributed by atoms with E-state index in [1.54, 1.807) is 20.8 Å². The molecule has 1 heterocycles. The van der Waals surface area contributed by atoms with Crippen molar-refractivity contribution in [1.82, 2.24) is 10.3 Å². The van der Waals surface area contributed by atoms with E-state index in [1.807, 2.05) is 6.92 Å². The van der Waals surface area contributed by atoms with Crippen molar-refractivity contribution in [2.75, 3.05) is 5.32 Å². The van der Waals surface area contributed by atoms with Gasteiger partial charge in [-0.05, 0) is 44.9 Å². The molecule has 0 saturated heterocycles. The van der Waals surface area contributed by atoms with Crippen molar-refractivity contribution in [3.8, 4) is 0 Å². The molecule has 0 atom stereocenters. The number of carbonyl (C=O) groups is 2. The quantitative estimate of drug-likeness (QED) is 0.739. The highest BCUT2D eigenvalue weighted by Crippen LogP contribution is 2.25. The number of nitrogens with zero attached hydrogens (tertiary/aromatic N) is 1. The van der Waals surface area contributed by atoms with E-state index < -0.39 is 17.5 Å². The van der Waals surface area contributed by atoms with Crippen LogP contribution in [0.2, 0.25) is 5.02 Å². The normalized spacial score (nSPS) is 11.2. The largest absolute Gasteiger partial charge is 0.444 e. The average Bonchev–Trinajstić information content (AvgIpc) is 2.94. The molecule has 0 radical (unpaired) electrons. The molecule has 0 saturated carbocycles. The van der Waals surface area contributed by atoms with Crippen molar-refractivity contribution in [2.24, 2.45) is 0 Å². The van der Waals surface area contributed by atoms with Crippen molar-refractivity contribution in [1.29, 1.82) is 0 Å². The van der Waals surface area contributed by atoms with Crippen LogP contribution in [0.3, 0.4) is 0 Å². The highest BCUT2D eigenvalue weighted by atomic mass is 35.5. The molecule has 2 rings (SSSR count). The fraction of sp³-hybridized carbons (Fsp3) is 0.389. The molecule has 9 heteroatoms. The number of benzene rings is 1. The number of hydrogen-bond donors (Lipinski definition) is 2. The fourth-order valence-corrected chi connectivity index (χ4v) is 3.32. The van der Waals surface area contributed by atoms with Crippen LogP contribution in [0.5, 0.6) is 0 Å². The lowest BCUT2D eigenvalue weighted by Crippen LogP contribution is -2.27. The van der Waals surface area contributed by atoms with Crippen molar-refractivity contribution >= 4 is 40.1 Å². The summed E-state index contributed by atoms with van der Waals surface area (Å²) in [6, 6.07) is 3.98. The van der Waals surface area contributed by atoms with Gasteiger partial charge < -0.3 is 10.1 Å². The Kier molecular flexibility index (Phi) is 6.78. The van der Waals surface area contributed by atoms with Crippen LogP contribution in [0.15, 0.2) is 18.2 Å². The molecule has 0 aliphatic heterocycles. The molecule has 146 valence electrons. The average molecular weight is 414 g/mol. The van der Waals surface area contributed by atoms with Crippen LogP contribution in [0.25, 0.3) is 0 Å². The van der Waals surface area contributed by atoms with Gasteiger partial charge in [-0.25, -0.2) is 14.2 Å². The molecule has 27 heavy (non-hydrogen) atoms. The monoisotopic (exact) mass is 413 g/mol. The van der Waals surface area contributed by atoms with Gasteiger partial charge in [0.1, 0.15) is 16.3 Å². The molecule has 0 bridgehead atoms. The molecular weight excluding hydrogens is 393 g/mol. The summed E-state index contributed by atoms with van der Waals surface area (Å²) in [6.07, 6.45) is -0.115. The first-order chi connectivity index (χ1) is 12.6. The van der Waals surface area contributed by atoms with Gasteiger partial charge in [0.15, 0.2) is 5.13 Å². The van der Waals surface area contributed by atoms with E-state index in [2.05, 4.69) is 15.6 Å². The Morgan fingerprint density at radius 2 is 2.04 bits per heavy atom. The number of aryl methyl sites for hydroxylation is 1. The van der Waals surface area contributed by atoms with Crippen LogP contribution < -0.4 is 10.6 Å². The number of rotatable bonds is 5. The second-order valence-electron chi connectivity index (χ2n) is 6.69. The number of anilines is 1. The number of halogens is 2. The minimum Gasteiger partial charge on any atom is -0.444 e. The number of nitrogens with one attached hydrogen (secondary N) is 2. The Labute approximate surface area is 166 Å². The first-order valence-corrected chi connectivity index (χ1v) is 9.50. The molecule has 1 aromatic heterocycles. The molecule has 2 N–H and O–H groups in total. The Hall–Kier alpha value is -2.19. The zero-order chi connectivity index (χ0) is 20.2. The molecule has 1 aromatic carbocycles. The number of thiazole rings is 1. The molecular formula is C18H21ClFN3O3S. The molecule has 0 fully saturated rings. The first-order valence-electron chi connectivity index (χ1n) is 8.31. The molecule has 2 aromatic rings. The summed E-state index contributed by atoms with van der Waals surface area (Å²) in [7, 11) is 0. The van der Waals surface area contributed by atoms with Gasteiger partial charge in [0.2, 0.25) is 0 Å². The maximum absolute atomic E-state index is 13.1. The summed E-state index contributed by atoms with van der Waals surface area (Å²) < 4.78 is 18.3. The van der Waals surface area contributed by atoms with E-state index in [0.29, 0.717) is 22.6 Å². The Balaban J connectivity index is 2.07. The zero-order valence-electron chi connectivity index (χ0n) is 15.5. The Morgan fingerprint density at radius 1 is 1.33 bits per heavy atom. The Bertz CT molecular complexity index is 849. The molecule has 6 nitrogen and oxygen atoms in total. The summed E-state index contributed by atoms with van der Waals surface area (Å²) in [6.45, 7) is 7.27. The molecule has 2 amide bonds. The maximum atomic E-state index is 13.1. The van der Waals surface area contributed by atoms with E-state index in [9.17, 15) is 14.0 Å². The molecule has 0 spiro atoms. The highest BCUT2D eigenvalue weighted by molar-refractivity contribution is 7.17. The highest BCUT2D eigenvalue weighted by Gasteiger charge is 2.21. The predicted octanol–water partition coefficient (Wildman–Crippen LogP) is 4.78. The standard InChI is InChI=1S/C18H21ClFN3O3S/c1-5-13-14(27-16(22-13)23-17(25)26-18(2,3)4)15(24)21-9-10-6-7-11(20)8-12(10)19/h6-8H,5,9H2,1-4H3,(H,21,24)(H,22,23,25). The Morgan fingerprint density at radius 3 is 2.63 bits per heavy atom. The van der Waals surface area contributed by atoms with Gasteiger partial charge >= 0.3 is 6.09 Å². The number of amides is 2. The molecule has 0 aliphatic rings. The van der Waals surface area contributed by atoms with Gasteiger partial charge in [-0.2, -0.15) is 0 Å². The van der Waals surface area contributed by atoms with Gasteiger partial charge in [-0.3, -0.25) is 10.1 Å². The number of hydrogen-bond acceptors (Lipinski definition) is 5. The number of ether oxygens (including phenoxy) is 1. The minimum absolute atomic E-state index is 0.147. The van der Waals surface area contributed by atoms with Crippen molar-refractivity contribution in [3.63, 3.8) is 0 Å². The van der Waals surface area contributed by atoms with Gasteiger partial charge in [0.25, 0.3) is 5.91 Å². The lowest BCUT2D eigenvalue weighted by Gasteiger charge is -2.18. The second-order valence-corrected chi connectivity index (χ2v) is 8.10. The topological polar surface area (TPSA) is 80.3 Å². The van der Waals surface area contributed by atoms with Crippen molar-refractivity contribution in [3.05, 3.63) is 45.2 Å². The minimum atomic E-state index is -0.635. The second kappa shape index (κ2) is 8.67. The summed E-state index contributed by atoms with van der Waals surface area (Å²) in [5.74, 6) is -0.786. The van der Waals surface area contributed by atoms with E-state index >= 15 is 0 Å². The zero-order valence-corrected chi connectivity index (χ0v) is 17.1. The van der Waals surface area contributed by atoms with E-state index in [1.165, 1.54) is 18.2 Å². The summed E-state index contributed by atoms with van der Waals surface area (Å²) in [5.41, 5.74) is 0.527. The smallest absolute Gasteiger partial charge is 0.413 e. The third-order valence-electron chi connectivity index (χ3n) is 3.30. The summed E-state index contributed by atoms with van der Waals surface area (Å²) in [5, 5.41) is 5.80. The lowest BCUT2D eigenvalue weighted by atomic mass is 10.2. The van der Waals surface area contributed by atoms with Crippen molar-refractivity contribution in [2.45, 2.75) is 46.3 Å². The van der Waals surface area contributed by atoms with Crippen LogP contribution in [-0.2, 0) is 17.7 Å². The van der Waals surface area contributed by atoms with Crippen LogP contribution in [-0.4, -0.2) is 22.6 Å². The summed E-state index contributed by atoms with van der Waals surface area (Å²) >= 11 is 7.03. The number of carbonyl (C=O) groups excluding carboxylic acids is 2. The van der Waals surface area contributed by atoms with Gasteiger partial charge in [-0.1, -0.05) is 35.9 Å². The van der Waals surface area contributed by atoms with Crippen molar-refractivity contribution < 1.29 is 18.7 Å². The number of aromatic nitrogens is 1. The van der Waals surface area contributed by atoms with Crippen LogP contribution in [0, 0.1) is 5.82 Å². The third kappa shape index (κ3) is 6.18. The van der Waals surface area contributed by atoms with E-state index in [4.69, 9.17) is 16.3 Å². The third-order valence-corrected chi connectivity index (χ3v) is 4.66. The predicted molar refractivity (Wildman–Crippen MR) is 104 cm³/mol. The van der Waals surface area contributed by atoms with Crippen LogP contribution in [0.1, 0.15) is 48.6 Å². The molecule has 0 unspecified atom stereocenters. The van der Waals surface area contributed by atoms with E-state index in [0.717, 1.165) is 11.3 Å². The lowest BCUT2D eigenvalue weighted by molar-refractivity contribution is 0.0635. The van der Waals surface area contributed by atoms with Gasteiger partial charge in [0.05, 0.1) is 5.69 Å². The maximum Gasteiger partial charge on any atom is 0.413 e. The van der Waals surface area contributed by atoms with Gasteiger partial charge in [-0.15, -0.1) is 0 Å². The molecule has 0 aliphatic carbocycles. The SMILES string of the molecule is CCc1nc(NC(=O)OC(C)(C)C)sc1C(=O)NCc1ccc(F)cc1Cl. The van der Waals surface area contributed by atoms with E-state index in [-0.39, 0.29) is 22.6 Å². The van der Waals surface area contributed by atoms with Gasteiger partial charge in [0, 0.05) is 11.6 Å². The van der Waals surface area contributed by atoms with Crippen LogP contribution >= 0.6 is 22.9 Å². The fourth-order valence-electron chi connectivity index (χ4n) is 2.13. The summed E-state index contributed by atoms with van der Waals surface area (Å²) in [4.78, 5) is 29.0. The first kappa shape index (κ1) is 21.1. The van der Waals surface area contributed by atoms with Crippen LogP contribution in [0.4, 0.5) is 14.3 Å².